The quantitative estimate of drug-likeness (QED) is 0.412. The van der Waals surface area contributed by atoms with Gasteiger partial charge < -0.3 is 16.0 Å². The van der Waals surface area contributed by atoms with Crippen LogP contribution in [-0.4, -0.2) is 53.0 Å². The van der Waals surface area contributed by atoms with Gasteiger partial charge in [0.05, 0.1) is 28.1 Å². The molecule has 2 aromatic carbocycles. The van der Waals surface area contributed by atoms with Crippen molar-refractivity contribution in [1.82, 2.24) is 14.9 Å². The molecule has 190 valence electrons. The number of nitrogens with two attached hydrogens (primary N) is 1. The van der Waals surface area contributed by atoms with Crippen LogP contribution in [0.15, 0.2) is 48.8 Å². The van der Waals surface area contributed by atoms with E-state index in [1.165, 1.54) is 30.6 Å². The number of fused-ring (bicyclic) bond motifs is 2. The maximum absolute atomic E-state index is 14.6. The van der Waals surface area contributed by atoms with Gasteiger partial charge in [0.1, 0.15) is 5.82 Å². The molecular formula is C26H22F4N6O. The Labute approximate surface area is 210 Å². The second-order valence-electron chi connectivity index (χ2n) is 9.09. The summed E-state index contributed by atoms with van der Waals surface area (Å²) < 4.78 is 55.1. The van der Waals surface area contributed by atoms with Gasteiger partial charge in [-0.1, -0.05) is 11.8 Å². The first kappa shape index (κ1) is 24.5. The van der Waals surface area contributed by atoms with E-state index in [9.17, 15) is 22.4 Å². The van der Waals surface area contributed by atoms with Gasteiger partial charge in [-0.2, -0.15) is 13.2 Å². The monoisotopic (exact) mass is 510 g/mol. The van der Waals surface area contributed by atoms with Gasteiger partial charge in [0.2, 0.25) is 5.95 Å². The van der Waals surface area contributed by atoms with Crippen LogP contribution < -0.4 is 16.0 Å². The Morgan fingerprint density at radius 1 is 1.05 bits per heavy atom. The highest BCUT2D eigenvalue weighted by atomic mass is 19.4. The van der Waals surface area contributed by atoms with E-state index in [0.29, 0.717) is 23.4 Å². The van der Waals surface area contributed by atoms with E-state index < -0.39 is 23.5 Å². The maximum Gasteiger partial charge on any atom is 0.416 e. The number of benzene rings is 2. The number of alkyl halides is 3. The van der Waals surface area contributed by atoms with E-state index in [4.69, 9.17) is 5.73 Å². The highest BCUT2D eigenvalue weighted by molar-refractivity contribution is 6.06. The Balaban J connectivity index is 1.44. The molecule has 2 aliphatic rings. The third kappa shape index (κ3) is 5.06. The number of piperazine rings is 1. The Morgan fingerprint density at radius 3 is 2.43 bits per heavy atom. The number of aromatic nitrogens is 2. The standard InChI is InChI=1S/C26H22F4N6O/c1-35-13-19-10-18(35)14-36(19)23-7-5-17(26(28,29)30)9-22(23)34-24(37)20-8-15(4-6-21(20)27)2-3-16-11-32-25(31)33-12-16/h4-9,11-12,18-19H,10,13-14H2,1H3,(H,34,37)(H2,31,32,33). The van der Waals surface area contributed by atoms with Crippen molar-refractivity contribution in [3.63, 3.8) is 0 Å². The highest BCUT2D eigenvalue weighted by Gasteiger charge is 2.42. The van der Waals surface area contributed by atoms with Gasteiger partial charge in [-0.25, -0.2) is 14.4 Å². The third-order valence-electron chi connectivity index (χ3n) is 6.63. The number of rotatable bonds is 3. The van der Waals surface area contributed by atoms with Crippen LogP contribution in [0.25, 0.3) is 0 Å². The van der Waals surface area contributed by atoms with Gasteiger partial charge >= 0.3 is 6.18 Å². The second kappa shape index (κ2) is 9.37. The van der Waals surface area contributed by atoms with E-state index in [1.54, 1.807) is 0 Å². The third-order valence-corrected chi connectivity index (χ3v) is 6.63. The maximum atomic E-state index is 14.6. The molecule has 2 aliphatic heterocycles. The summed E-state index contributed by atoms with van der Waals surface area (Å²) in [5.41, 5.74) is 5.44. The Hall–Kier alpha value is -4.17. The zero-order chi connectivity index (χ0) is 26.3. The number of carbonyl (C=O) groups is 1. The summed E-state index contributed by atoms with van der Waals surface area (Å²) in [6.07, 6.45) is -0.872. The predicted octanol–water partition coefficient (Wildman–Crippen LogP) is 3.76. The number of carbonyl (C=O) groups excluding carboxylic acids is 1. The van der Waals surface area contributed by atoms with Crippen molar-refractivity contribution in [3.05, 3.63) is 76.9 Å². The molecule has 3 N–H and O–H groups in total. The van der Waals surface area contributed by atoms with Crippen LogP contribution in [0, 0.1) is 17.7 Å². The van der Waals surface area contributed by atoms with Crippen LogP contribution in [0.4, 0.5) is 34.9 Å². The average molecular weight is 510 g/mol. The molecule has 0 aliphatic carbocycles. The molecule has 11 heteroatoms. The Bertz CT molecular complexity index is 1410. The van der Waals surface area contributed by atoms with E-state index in [0.717, 1.165) is 31.2 Å². The molecule has 2 bridgehead atoms. The van der Waals surface area contributed by atoms with E-state index in [2.05, 4.69) is 32.0 Å². The minimum Gasteiger partial charge on any atom is -0.368 e. The Kier molecular flexibility index (Phi) is 6.21. The number of hydrogen-bond donors (Lipinski definition) is 2. The molecule has 5 rings (SSSR count). The number of nitrogens with zero attached hydrogens (tertiary/aromatic N) is 4. The zero-order valence-corrected chi connectivity index (χ0v) is 19.7. The van der Waals surface area contributed by atoms with Crippen molar-refractivity contribution in [3.8, 4) is 11.8 Å². The van der Waals surface area contributed by atoms with Gasteiger partial charge in [-0.3, -0.25) is 9.69 Å². The molecule has 1 aromatic heterocycles. The first-order valence-electron chi connectivity index (χ1n) is 11.5. The largest absolute Gasteiger partial charge is 0.416 e. The fourth-order valence-corrected chi connectivity index (χ4v) is 4.74. The number of amides is 1. The van der Waals surface area contributed by atoms with Crippen LogP contribution in [0.2, 0.25) is 0 Å². The molecule has 7 nitrogen and oxygen atoms in total. The summed E-state index contributed by atoms with van der Waals surface area (Å²) in [7, 11) is 2.01. The van der Waals surface area contributed by atoms with Crippen molar-refractivity contribution >= 4 is 23.2 Å². The molecule has 0 saturated carbocycles. The van der Waals surface area contributed by atoms with Gasteiger partial charge in [0.25, 0.3) is 5.91 Å². The van der Waals surface area contributed by atoms with Crippen molar-refractivity contribution in [2.45, 2.75) is 24.7 Å². The second-order valence-corrected chi connectivity index (χ2v) is 9.09. The number of halogens is 4. The van der Waals surface area contributed by atoms with Crippen molar-refractivity contribution in [2.75, 3.05) is 36.1 Å². The molecule has 2 unspecified atom stereocenters. The molecule has 37 heavy (non-hydrogen) atoms. The lowest BCUT2D eigenvalue weighted by Crippen LogP contribution is -2.44. The van der Waals surface area contributed by atoms with E-state index >= 15 is 0 Å². The molecule has 2 saturated heterocycles. The lowest BCUT2D eigenvalue weighted by molar-refractivity contribution is -0.137. The number of nitrogens with one attached hydrogen (secondary N) is 1. The average Bonchev–Trinajstić information content (AvgIpc) is 3.43. The van der Waals surface area contributed by atoms with Gasteiger partial charge in [0, 0.05) is 43.1 Å². The van der Waals surface area contributed by atoms with Crippen LogP contribution in [-0.2, 0) is 6.18 Å². The minimum atomic E-state index is -4.60. The van der Waals surface area contributed by atoms with Crippen molar-refractivity contribution < 1.29 is 22.4 Å². The molecule has 2 atom stereocenters. The van der Waals surface area contributed by atoms with Crippen LogP contribution in [0.3, 0.4) is 0 Å². The molecule has 3 aromatic rings. The van der Waals surface area contributed by atoms with Crippen LogP contribution in [0.1, 0.15) is 33.5 Å². The van der Waals surface area contributed by atoms with Gasteiger partial charge in [-0.15, -0.1) is 0 Å². The lowest BCUT2D eigenvalue weighted by atomic mass is 10.1. The highest BCUT2D eigenvalue weighted by Crippen LogP contribution is 2.40. The molecule has 0 radical (unpaired) electrons. The summed E-state index contributed by atoms with van der Waals surface area (Å²) in [5.74, 6) is 3.98. The summed E-state index contributed by atoms with van der Waals surface area (Å²) in [4.78, 5) is 25.0. The Morgan fingerprint density at radius 2 is 1.78 bits per heavy atom. The first-order valence-corrected chi connectivity index (χ1v) is 11.5. The number of hydrogen-bond acceptors (Lipinski definition) is 6. The van der Waals surface area contributed by atoms with Crippen molar-refractivity contribution in [2.24, 2.45) is 0 Å². The van der Waals surface area contributed by atoms with E-state index in [1.807, 2.05) is 11.9 Å². The molecule has 0 spiro atoms. The van der Waals surface area contributed by atoms with E-state index in [-0.39, 0.29) is 29.3 Å². The fraction of sp³-hybridized carbons (Fsp3) is 0.269. The molecular weight excluding hydrogens is 488 g/mol. The summed E-state index contributed by atoms with van der Waals surface area (Å²) in [5, 5.41) is 2.52. The minimum absolute atomic E-state index is 0.0232. The molecule has 2 fully saturated rings. The normalized spacial score (nSPS) is 19.0. The number of nitrogen functional groups attached to an aromatic ring is 1. The first-order chi connectivity index (χ1) is 17.6. The van der Waals surface area contributed by atoms with Gasteiger partial charge in [-0.05, 0) is 49.9 Å². The summed E-state index contributed by atoms with van der Waals surface area (Å²) >= 11 is 0. The zero-order valence-electron chi connectivity index (χ0n) is 19.7. The van der Waals surface area contributed by atoms with Crippen LogP contribution in [0.5, 0.6) is 0 Å². The predicted molar refractivity (Wildman–Crippen MR) is 130 cm³/mol. The molecule has 3 heterocycles. The summed E-state index contributed by atoms with van der Waals surface area (Å²) in [6, 6.07) is 7.39. The number of likely N-dealkylation sites (N-methyl/N-ethyl adjacent to an activating group) is 1. The number of likely N-dealkylation sites (tertiary alicyclic amines) is 1. The van der Waals surface area contributed by atoms with Crippen molar-refractivity contribution in [1.29, 1.82) is 0 Å². The lowest BCUT2D eigenvalue weighted by Gasteiger charge is -2.35. The summed E-state index contributed by atoms with van der Waals surface area (Å²) in [6.45, 7) is 1.40. The number of anilines is 3. The van der Waals surface area contributed by atoms with Crippen LogP contribution >= 0.6 is 0 Å². The topological polar surface area (TPSA) is 87.4 Å². The molecule has 1 amide bonds. The smallest absolute Gasteiger partial charge is 0.368 e. The SMILES string of the molecule is CN1CC2CC1CN2c1ccc(C(F)(F)F)cc1NC(=O)c1cc(C#Cc2cnc(N)nc2)ccc1F. The van der Waals surface area contributed by atoms with Gasteiger partial charge in [0.15, 0.2) is 0 Å². The fourth-order valence-electron chi connectivity index (χ4n) is 4.74.